The first-order chi connectivity index (χ1) is 11.3. The van der Waals surface area contributed by atoms with Crippen LogP contribution in [-0.2, 0) is 11.2 Å². The predicted octanol–water partition coefficient (Wildman–Crippen LogP) is 2.49. The number of carbonyl (C=O) groups is 2. The lowest BCUT2D eigenvalue weighted by molar-refractivity contribution is -0.123. The fraction of sp³-hybridized carbons (Fsp3) is 0.222. The lowest BCUT2D eigenvalue weighted by Gasteiger charge is -2.23. The van der Waals surface area contributed by atoms with E-state index in [2.05, 4.69) is 5.32 Å². The first-order valence-electron chi connectivity index (χ1n) is 7.58. The number of thiophene rings is 1. The van der Waals surface area contributed by atoms with Crippen LogP contribution < -0.4 is 5.32 Å². The number of hydrogen-bond donors (Lipinski definition) is 1. The van der Waals surface area contributed by atoms with Crippen molar-refractivity contribution in [1.82, 2.24) is 10.2 Å². The molecule has 0 saturated heterocycles. The van der Waals surface area contributed by atoms with Crippen LogP contribution in [0.5, 0.6) is 0 Å². The molecule has 0 bridgehead atoms. The quantitative estimate of drug-likeness (QED) is 0.858. The molecular weight excluding hydrogens is 308 g/mol. The summed E-state index contributed by atoms with van der Waals surface area (Å²) in [6, 6.07) is 13.1. The fourth-order valence-electron chi connectivity index (χ4n) is 2.58. The number of amides is 2. The second-order valence-electron chi connectivity index (χ2n) is 5.33. The second kappa shape index (κ2) is 7.24. The van der Waals surface area contributed by atoms with Crippen LogP contribution in [0, 0.1) is 0 Å². The number of hydrogen-bond acceptors (Lipinski definition) is 3. The molecule has 1 atom stereocenters. The predicted molar refractivity (Wildman–Crippen MR) is 91.4 cm³/mol. The van der Waals surface area contributed by atoms with E-state index >= 15 is 0 Å². The number of nitrogens with one attached hydrogen (secondary N) is 1. The highest BCUT2D eigenvalue weighted by molar-refractivity contribution is 7.12. The van der Waals surface area contributed by atoms with Gasteiger partial charge in [-0.25, -0.2) is 0 Å². The van der Waals surface area contributed by atoms with Gasteiger partial charge in [0.1, 0.15) is 6.04 Å². The Morgan fingerprint density at radius 3 is 2.74 bits per heavy atom. The van der Waals surface area contributed by atoms with Crippen molar-refractivity contribution in [2.24, 2.45) is 0 Å². The van der Waals surface area contributed by atoms with Crippen LogP contribution >= 0.6 is 11.3 Å². The lowest BCUT2D eigenvalue weighted by atomic mass is 10.1. The topological polar surface area (TPSA) is 49.4 Å². The molecule has 5 heteroatoms. The highest BCUT2D eigenvalue weighted by Crippen LogP contribution is 2.18. The largest absolute Gasteiger partial charge is 0.354 e. The summed E-state index contributed by atoms with van der Waals surface area (Å²) in [4.78, 5) is 27.1. The summed E-state index contributed by atoms with van der Waals surface area (Å²) in [5, 5.41) is 4.79. The van der Waals surface area contributed by atoms with Crippen LogP contribution in [0.15, 0.2) is 60.0 Å². The Hall–Kier alpha value is -2.40. The van der Waals surface area contributed by atoms with Crippen LogP contribution in [-0.4, -0.2) is 35.8 Å². The molecule has 1 aromatic carbocycles. The van der Waals surface area contributed by atoms with Crippen molar-refractivity contribution in [3.05, 3.63) is 70.4 Å². The highest BCUT2D eigenvalue weighted by Gasteiger charge is 2.31. The third-order valence-corrected chi connectivity index (χ3v) is 4.63. The van der Waals surface area contributed by atoms with Crippen LogP contribution in [0.1, 0.15) is 15.2 Å². The van der Waals surface area contributed by atoms with Gasteiger partial charge >= 0.3 is 0 Å². The van der Waals surface area contributed by atoms with Crippen LogP contribution in [0.25, 0.3) is 0 Å². The summed E-state index contributed by atoms with van der Waals surface area (Å²) in [6.45, 7) is 1.04. The lowest BCUT2D eigenvalue weighted by Crippen LogP contribution is -2.46. The van der Waals surface area contributed by atoms with E-state index in [1.54, 1.807) is 17.0 Å². The number of rotatable bonds is 5. The highest BCUT2D eigenvalue weighted by atomic mass is 32.1. The Bertz CT molecular complexity index is 695. The summed E-state index contributed by atoms with van der Waals surface area (Å²) >= 11 is 1.40. The standard InChI is InChI=1S/C18H18N2O2S/c21-17(19-11-10-14-6-2-1-3-7-14)15-8-4-12-20(15)18(22)16-9-5-13-23-16/h1-9,13,15H,10-12H2,(H,19,21)/t15-/m0/s1. The Morgan fingerprint density at radius 1 is 1.17 bits per heavy atom. The van der Waals surface area contributed by atoms with Gasteiger partial charge in [-0.3, -0.25) is 9.59 Å². The molecule has 0 radical (unpaired) electrons. The van der Waals surface area contributed by atoms with Crippen molar-refractivity contribution in [2.75, 3.05) is 13.1 Å². The van der Waals surface area contributed by atoms with Crippen molar-refractivity contribution in [3.63, 3.8) is 0 Å². The van der Waals surface area contributed by atoms with Crippen molar-refractivity contribution in [1.29, 1.82) is 0 Å². The van der Waals surface area contributed by atoms with Gasteiger partial charge < -0.3 is 10.2 Å². The number of nitrogens with zero attached hydrogens (tertiary/aromatic N) is 1. The summed E-state index contributed by atoms with van der Waals surface area (Å²) in [6.07, 6.45) is 4.44. The molecule has 0 aliphatic carbocycles. The van der Waals surface area contributed by atoms with E-state index in [1.807, 2.05) is 47.9 Å². The van der Waals surface area contributed by atoms with Crippen molar-refractivity contribution < 1.29 is 9.59 Å². The summed E-state index contributed by atoms with van der Waals surface area (Å²) in [7, 11) is 0. The van der Waals surface area contributed by atoms with Gasteiger partial charge in [0.2, 0.25) is 5.91 Å². The Morgan fingerprint density at radius 2 is 2.00 bits per heavy atom. The van der Waals surface area contributed by atoms with E-state index in [0.717, 1.165) is 6.42 Å². The van der Waals surface area contributed by atoms with Crippen molar-refractivity contribution in [3.8, 4) is 0 Å². The molecule has 1 aromatic heterocycles. The maximum absolute atomic E-state index is 12.4. The molecule has 0 spiro atoms. The molecule has 23 heavy (non-hydrogen) atoms. The maximum atomic E-state index is 12.4. The number of benzene rings is 1. The molecule has 2 heterocycles. The molecule has 3 rings (SSSR count). The molecule has 1 aliphatic heterocycles. The summed E-state index contributed by atoms with van der Waals surface area (Å²) in [5.41, 5.74) is 1.18. The summed E-state index contributed by atoms with van der Waals surface area (Å²) < 4.78 is 0. The van der Waals surface area contributed by atoms with E-state index in [4.69, 9.17) is 0 Å². The molecule has 4 nitrogen and oxygen atoms in total. The molecule has 0 fully saturated rings. The Labute approximate surface area is 139 Å². The molecule has 1 aliphatic rings. The minimum absolute atomic E-state index is 0.0896. The monoisotopic (exact) mass is 326 g/mol. The third kappa shape index (κ3) is 3.68. The molecule has 0 unspecified atom stereocenters. The minimum atomic E-state index is -0.514. The minimum Gasteiger partial charge on any atom is -0.354 e. The average Bonchev–Trinajstić information content (AvgIpc) is 3.27. The van der Waals surface area contributed by atoms with Crippen molar-refractivity contribution in [2.45, 2.75) is 12.5 Å². The van der Waals surface area contributed by atoms with Gasteiger partial charge in [0, 0.05) is 13.1 Å². The zero-order valence-electron chi connectivity index (χ0n) is 12.6. The van der Waals surface area contributed by atoms with Crippen LogP contribution in [0.2, 0.25) is 0 Å². The van der Waals surface area contributed by atoms with Gasteiger partial charge in [-0.05, 0) is 23.4 Å². The Balaban J connectivity index is 1.56. The van der Waals surface area contributed by atoms with E-state index in [0.29, 0.717) is 18.0 Å². The zero-order valence-corrected chi connectivity index (χ0v) is 13.5. The van der Waals surface area contributed by atoms with Gasteiger partial charge in [0.25, 0.3) is 5.91 Å². The van der Waals surface area contributed by atoms with Crippen LogP contribution in [0.3, 0.4) is 0 Å². The van der Waals surface area contributed by atoms with Crippen molar-refractivity contribution >= 4 is 23.2 Å². The fourth-order valence-corrected chi connectivity index (χ4v) is 3.26. The smallest absolute Gasteiger partial charge is 0.265 e. The van der Waals surface area contributed by atoms with E-state index in [9.17, 15) is 9.59 Å². The molecule has 1 N–H and O–H groups in total. The first kappa shape index (κ1) is 15.5. The maximum Gasteiger partial charge on any atom is 0.265 e. The van der Waals surface area contributed by atoms with Gasteiger partial charge in [-0.15, -0.1) is 11.3 Å². The molecular formula is C18H18N2O2S. The molecule has 2 aromatic rings. The second-order valence-corrected chi connectivity index (χ2v) is 6.28. The van der Waals surface area contributed by atoms with Crippen LogP contribution in [0.4, 0.5) is 0 Å². The van der Waals surface area contributed by atoms with E-state index in [1.165, 1.54) is 16.9 Å². The molecule has 118 valence electrons. The normalized spacial score (nSPS) is 16.5. The Kier molecular flexibility index (Phi) is 4.88. The van der Waals surface area contributed by atoms with E-state index in [-0.39, 0.29) is 11.8 Å². The molecule has 0 saturated carbocycles. The van der Waals surface area contributed by atoms with Gasteiger partial charge in [0.15, 0.2) is 0 Å². The average molecular weight is 326 g/mol. The first-order valence-corrected chi connectivity index (χ1v) is 8.46. The molecule has 2 amide bonds. The number of carbonyl (C=O) groups excluding carboxylic acids is 2. The summed E-state index contributed by atoms with van der Waals surface area (Å²) in [5.74, 6) is -0.215. The third-order valence-electron chi connectivity index (χ3n) is 3.77. The van der Waals surface area contributed by atoms with Gasteiger partial charge in [-0.1, -0.05) is 48.6 Å². The van der Waals surface area contributed by atoms with Gasteiger partial charge in [-0.2, -0.15) is 0 Å². The van der Waals surface area contributed by atoms with E-state index < -0.39 is 6.04 Å². The zero-order chi connectivity index (χ0) is 16.1. The van der Waals surface area contributed by atoms with Gasteiger partial charge in [0.05, 0.1) is 4.88 Å². The SMILES string of the molecule is O=C(NCCc1ccccc1)[C@@H]1C=CCN1C(=O)c1cccs1.